The van der Waals surface area contributed by atoms with Crippen LogP contribution in [0, 0.1) is 11.3 Å². The zero-order valence-corrected chi connectivity index (χ0v) is 19.4. The van der Waals surface area contributed by atoms with E-state index in [9.17, 15) is 19.6 Å². The summed E-state index contributed by atoms with van der Waals surface area (Å²) in [5.41, 5.74) is 1.44. The highest BCUT2D eigenvalue weighted by Gasteiger charge is 2.28. The zero-order valence-electron chi connectivity index (χ0n) is 19.4. The van der Waals surface area contributed by atoms with Gasteiger partial charge in [0, 0.05) is 48.2 Å². The standard InChI is InChI=1S/C26H26N4O4/c1-26(2,3)34-25(33)30-13-11-29(12-14-30)24(32)18-9-7-17(8-10-18)22-15-21-19(16-27)5-4-6-20(21)23(31)28-22/h4-10,15H,11-14H2,1-3H3,(H,28,31). The number of benzene rings is 2. The highest BCUT2D eigenvalue weighted by Crippen LogP contribution is 2.23. The molecule has 0 saturated carbocycles. The molecule has 34 heavy (non-hydrogen) atoms. The lowest BCUT2D eigenvalue weighted by molar-refractivity contribution is 0.0141. The van der Waals surface area contributed by atoms with Crippen LogP contribution in [0.1, 0.15) is 36.7 Å². The third kappa shape index (κ3) is 4.79. The van der Waals surface area contributed by atoms with Gasteiger partial charge in [0.05, 0.1) is 11.6 Å². The normalized spacial score (nSPS) is 14.1. The first kappa shape index (κ1) is 23.1. The molecule has 8 nitrogen and oxygen atoms in total. The Balaban J connectivity index is 1.47. The molecule has 0 bridgehead atoms. The van der Waals surface area contributed by atoms with Crippen molar-refractivity contribution in [3.63, 3.8) is 0 Å². The summed E-state index contributed by atoms with van der Waals surface area (Å²) in [4.78, 5) is 43.9. The van der Waals surface area contributed by atoms with Crippen LogP contribution in [0.5, 0.6) is 0 Å². The molecule has 1 fully saturated rings. The molecule has 1 N–H and O–H groups in total. The fourth-order valence-electron chi connectivity index (χ4n) is 3.94. The number of hydrogen-bond acceptors (Lipinski definition) is 5. The van der Waals surface area contributed by atoms with Crippen LogP contribution < -0.4 is 5.56 Å². The monoisotopic (exact) mass is 458 g/mol. The number of hydrogen-bond donors (Lipinski definition) is 1. The van der Waals surface area contributed by atoms with Crippen LogP contribution in [-0.2, 0) is 4.74 Å². The fourth-order valence-corrected chi connectivity index (χ4v) is 3.94. The lowest BCUT2D eigenvalue weighted by Gasteiger charge is -2.35. The van der Waals surface area contributed by atoms with Crippen LogP contribution in [0.2, 0.25) is 0 Å². The Hall–Kier alpha value is -4.12. The molecular weight excluding hydrogens is 432 g/mol. The summed E-state index contributed by atoms with van der Waals surface area (Å²) >= 11 is 0. The number of piperazine rings is 1. The first-order valence-corrected chi connectivity index (χ1v) is 11.1. The number of aromatic amines is 1. The van der Waals surface area contributed by atoms with E-state index in [1.807, 2.05) is 20.8 Å². The van der Waals surface area contributed by atoms with Crippen LogP contribution in [-0.4, -0.2) is 58.6 Å². The molecule has 2 aromatic carbocycles. The van der Waals surface area contributed by atoms with Gasteiger partial charge in [-0.3, -0.25) is 9.59 Å². The zero-order chi connectivity index (χ0) is 24.5. The first-order valence-electron chi connectivity index (χ1n) is 11.1. The topological polar surface area (TPSA) is 106 Å². The number of H-pyrrole nitrogens is 1. The van der Waals surface area contributed by atoms with Gasteiger partial charge >= 0.3 is 6.09 Å². The summed E-state index contributed by atoms with van der Waals surface area (Å²) in [7, 11) is 0. The van der Waals surface area contributed by atoms with Gasteiger partial charge < -0.3 is 19.5 Å². The van der Waals surface area contributed by atoms with Crippen LogP contribution >= 0.6 is 0 Å². The smallest absolute Gasteiger partial charge is 0.410 e. The van der Waals surface area contributed by atoms with E-state index < -0.39 is 5.60 Å². The Morgan fingerprint density at radius 1 is 0.971 bits per heavy atom. The molecule has 3 aromatic rings. The largest absolute Gasteiger partial charge is 0.444 e. The molecule has 1 aliphatic rings. The molecule has 4 rings (SSSR count). The van der Waals surface area contributed by atoms with Crippen LogP contribution in [0.15, 0.2) is 53.3 Å². The number of nitrogens with one attached hydrogen (secondary N) is 1. The number of nitriles is 1. The van der Waals surface area contributed by atoms with E-state index in [0.717, 1.165) is 5.56 Å². The van der Waals surface area contributed by atoms with Gasteiger partial charge in [-0.2, -0.15) is 5.26 Å². The molecule has 0 spiro atoms. The first-order chi connectivity index (χ1) is 16.2. The quantitative estimate of drug-likeness (QED) is 0.629. The highest BCUT2D eigenvalue weighted by atomic mass is 16.6. The predicted octanol–water partition coefficient (Wildman–Crippen LogP) is 3.76. The molecule has 8 heteroatoms. The number of amides is 2. The van der Waals surface area contributed by atoms with Crippen molar-refractivity contribution in [3.05, 3.63) is 70.0 Å². The predicted molar refractivity (Wildman–Crippen MR) is 128 cm³/mol. The molecule has 1 aromatic heterocycles. The second kappa shape index (κ2) is 9.02. The lowest BCUT2D eigenvalue weighted by atomic mass is 10.0. The van der Waals surface area contributed by atoms with Gasteiger partial charge in [-0.25, -0.2) is 4.79 Å². The SMILES string of the molecule is CC(C)(C)OC(=O)N1CCN(C(=O)c2ccc(-c3cc4c(C#N)cccc4c(=O)[nH]3)cc2)CC1. The molecule has 2 amide bonds. The van der Waals surface area contributed by atoms with E-state index in [-0.39, 0.29) is 17.6 Å². The summed E-state index contributed by atoms with van der Waals surface area (Å²) in [6, 6.07) is 15.9. The summed E-state index contributed by atoms with van der Waals surface area (Å²) in [6.07, 6.45) is -0.368. The molecule has 0 radical (unpaired) electrons. The van der Waals surface area contributed by atoms with Gasteiger partial charge in [0.1, 0.15) is 5.60 Å². The van der Waals surface area contributed by atoms with Crippen molar-refractivity contribution in [2.75, 3.05) is 26.2 Å². The lowest BCUT2D eigenvalue weighted by Crippen LogP contribution is -2.51. The minimum Gasteiger partial charge on any atom is -0.444 e. The number of carbonyl (C=O) groups excluding carboxylic acids is 2. The Labute approximate surface area is 197 Å². The van der Waals surface area contributed by atoms with Crippen LogP contribution in [0.4, 0.5) is 4.79 Å². The Kier molecular flexibility index (Phi) is 6.12. The molecule has 0 atom stereocenters. The molecule has 1 aliphatic heterocycles. The van der Waals surface area contributed by atoms with Crippen molar-refractivity contribution in [1.29, 1.82) is 5.26 Å². The van der Waals surface area contributed by atoms with E-state index in [4.69, 9.17) is 4.74 Å². The van der Waals surface area contributed by atoms with Gasteiger partial charge in [-0.05, 0) is 56.7 Å². The molecule has 174 valence electrons. The average molecular weight is 459 g/mol. The number of ether oxygens (including phenoxy) is 1. The number of pyridine rings is 1. The van der Waals surface area contributed by atoms with Crippen molar-refractivity contribution in [1.82, 2.24) is 14.8 Å². The van der Waals surface area contributed by atoms with E-state index in [2.05, 4.69) is 11.1 Å². The number of aromatic nitrogens is 1. The Morgan fingerprint density at radius 2 is 1.62 bits per heavy atom. The van der Waals surface area contributed by atoms with Crippen molar-refractivity contribution >= 4 is 22.8 Å². The molecular formula is C26H26N4O4. The Morgan fingerprint density at radius 3 is 2.24 bits per heavy atom. The average Bonchev–Trinajstić information content (AvgIpc) is 2.82. The molecule has 1 saturated heterocycles. The van der Waals surface area contributed by atoms with Crippen LogP contribution in [0.25, 0.3) is 22.0 Å². The maximum absolute atomic E-state index is 13.0. The van der Waals surface area contributed by atoms with Crippen molar-refractivity contribution in [3.8, 4) is 17.3 Å². The van der Waals surface area contributed by atoms with Gasteiger partial charge in [-0.1, -0.05) is 18.2 Å². The number of carbonyl (C=O) groups is 2. The Bertz CT molecular complexity index is 1340. The van der Waals surface area contributed by atoms with E-state index in [1.54, 1.807) is 58.3 Å². The minimum absolute atomic E-state index is 0.117. The van der Waals surface area contributed by atoms with E-state index in [0.29, 0.717) is 53.8 Å². The van der Waals surface area contributed by atoms with Gasteiger partial charge in [0.25, 0.3) is 11.5 Å². The second-order valence-corrected chi connectivity index (χ2v) is 9.23. The third-order valence-corrected chi connectivity index (χ3v) is 5.67. The molecule has 0 aliphatic carbocycles. The number of rotatable bonds is 2. The summed E-state index contributed by atoms with van der Waals surface area (Å²) in [6.45, 7) is 7.15. The van der Waals surface area contributed by atoms with E-state index in [1.165, 1.54) is 0 Å². The third-order valence-electron chi connectivity index (χ3n) is 5.67. The second-order valence-electron chi connectivity index (χ2n) is 9.23. The minimum atomic E-state index is -0.558. The number of nitrogens with zero attached hydrogens (tertiary/aromatic N) is 3. The summed E-state index contributed by atoms with van der Waals surface area (Å²) < 4.78 is 5.40. The van der Waals surface area contributed by atoms with Gasteiger partial charge in [0.15, 0.2) is 0 Å². The highest BCUT2D eigenvalue weighted by molar-refractivity contribution is 5.95. The maximum Gasteiger partial charge on any atom is 0.410 e. The maximum atomic E-state index is 13.0. The van der Waals surface area contributed by atoms with Crippen molar-refractivity contribution < 1.29 is 14.3 Å². The van der Waals surface area contributed by atoms with Crippen molar-refractivity contribution in [2.24, 2.45) is 0 Å². The fraction of sp³-hybridized carbons (Fsp3) is 0.308. The summed E-state index contributed by atoms with van der Waals surface area (Å²) in [5.74, 6) is -0.117. The van der Waals surface area contributed by atoms with Crippen molar-refractivity contribution in [2.45, 2.75) is 26.4 Å². The van der Waals surface area contributed by atoms with Crippen LogP contribution in [0.3, 0.4) is 0 Å². The molecule has 2 heterocycles. The van der Waals surface area contributed by atoms with Gasteiger partial charge in [0.2, 0.25) is 0 Å². The number of fused-ring (bicyclic) bond motifs is 1. The summed E-state index contributed by atoms with van der Waals surface area (Å²) in [5, 5.41) is 10.4. The molecule has 0 unspecified atom stereocenters. The van der Waals surface area contributed by atoms with Gasteiger partial charge in [-0.15, -0.1) is 0 Å². The van der Waals surface area contributed by atoms with E-state index >= 15 is 0 Å².